The second kappa shape index (κ2) is 12.3. The molecule has 0 saturated carbocycles. The number of sulfone groups is 1. The minimum Gasteiger partial charge on any atom is -0.491 e. The Morgan fingerprint density at radius 1 is 0.976 bits per heavy atom. The van der Waals surface area contributed by atoms with Crippen LogP contribution in [0.2, 0.25) is 0 Å². The molecule has 0 radical (unpaired) electrons. The van der Waals surface area contributed by atoms with Crippen molar-refractivity contribution in [2.45, 2.75) is 46.8 Å². The van der Waals surface area contributed by atoms with E-state index in [0.717, 1.165) is 17.2 Å². The van der Waals surface area contributed by atoms with Crippen LogP contribution in [0.3, 0.4) is 0 Å². The van der Waals surface area contributed by atoms with E-state index in [0.29, 0.717) is 43.2 Å². The van der Waals surface area contributed by atoms with E-state index in [4.69, 9.17) is 14.6 Å². The van der Waals surface area contributed by atoms with Crippen LogP contribution < -0.4 is 10.1 Å². The fraction of sp³-hybridized carbons (Fsp3) is 0.448. The Bertz CT molecular complexity index is 1570. The van der Waals surface area contributed by atoms with Crippen LogP contribution in [-0.4, -0.2) is 94.3 Å². The zero-order valence-corrected chi connectivity index (χ0v) is 24.3. The van der Waals surface area contributed by atoms with E-state index in [1.54, 1.807) is 24.3 Å². The molecule has 3 aromatic rings. The maximum Gasteiger partial charge on any atom is 0.243 e. The summed E-state index contributed by atoms with van der Waals surface area (Å²) in [6.07, 6.45) is 1.08. The topological polar surface area (TPSA) is 142 Å². The quantitative estimate of drug-likeness (QED) is 0.299. The summed E-state index contributed by atoms with van der Waals surface area (Å²) in [6, 6.07) is 18.9. The van der Waals surface area contributed by atoms with Crippen molar-refractivity contribution in [3.8, 4) is 5.75 Å². The van der Waals surface area contributed by atoms with Crippen molar-refractivity contribution < 1.29 is 36.5 Å². The van der Waals surface area contributed by atoms with Gasteiger partial charge in [-0.3, -0.25) is 0 Å². The van der Waals surface area contributed by atoms with Crippen molar-refractivity contribution in [1.29, 1.82) is 0 Å². The molecule has 0 bridgehead atoms. The van der Waals surface area contributed by atoms with E-state index >= 15 is 0 Å². The van der Waals surface area contributed by atoms with Gasteiger partial charge in [0.25, 0.3) is 0 Å². The van der Waals surface area contributed by atoms with Crippen molar-refractivity contribution in [2.75, 3.05) is 45.2 Å². The predicted molar refractivity (Wildman–Crippen MR) is 154 cm³/mol. The molecule has 10 nitrogen and oxygen atoms in total. The van der Waals surface area contributed by atoms with Gasteiger partial charge in [0.15, 0.2) is 9.84 Å². The summed E-state index contributed by atoms with van der Waals surface area (Å²) in [5.41, 5.74) is -0.394. The number of nitrogens with zero attached hydrogens (tertiary/aromatic N) is 1. The van der Waals surface area contributed by atoms with Gasteiger partial charge in [-0.25, -0.2) is 16.8 Å². The van der Waals surface area contributed by atoms with Crippen LogP contribution in [0.4, 0.5) is 0 Å². The minimum atomic E-state index is -3.61. The summed E-state index contributed by atoms with van der Waals surface area (Å²) in [6.45, 7) is 0.991. The van der Waals surface area contributed by atoms with Gasteiger partial charge in [0.2, 0.25) is 10.0 Å². The highest BCUT2D eigenvalue weighted by molar-refractivity contribution is 7.91. The fourth-order valence-electron chi connectivity index (χ4n) is 5.48. The summed E-state index contributed by atoms with van der Waals surface area (Å²) in [5, 5.41) is 24.6. The molecular weight excluding hydrogens is 568 g/mol. The Labute approximate surface area is 240 Å². The number of rotatable bonds is 11. The van der Waals surface area contributed by atoms with E-state index in [1.165, 1.54) is 16.4 Å². The van der Waals surface area contributed by atoms with Crippen molar-refractivity contribution in [1.82, 2.24) is 9.62 Å². The molecule has 41 heavy (non-hydrogen) atoms. The molecule has 2 fully saturated rings. The Morgan fingerprint density at radius 2 is 1.73 bits per heavy atom. The lowest BCUT2D eigenvalue weighted by atomic mass is 9.88. The molecule has 0 aliphatic carbocycles. The predicted octanol–water partition coefficient (Wildman–Crippen LogP) is 1.95. The molecule has 2 saturated heterocycles. The largest absolute Gasteiger partial charge is 0.491 e. The van der Waals surface area contributed by atoms with Crippen LogP contribution in [0.5, 0.6) is 5.75 Å². The molecule has 0 amide bonds. The number of aliphatic hydroxyl groups is 2. The number of ether oxygens (including phenoxy) is 2. The summed E-state index contributed by atoms with van der Waals surface area (Å²) in [5.74, 6) is -0.0525. The Hall–Kier alpha value is -2.58. The second-order valence-electron chi connectivity index (χ2n) is 10.7. The van der Waals surface area contributed by atoms with Crippen LogP contribution in [0.15, 0.2) is 76.5 Å². The number of benzene rings is 3. The van der Waals surface area contributed by atoms with Crippen molar-refractivity contribution >= 4 is 30.6 Å². The number of nitrogens with one attached hydrogen (secondary N) is 1. The number of sulfonamides is 1. The molecule has 0 aromatic heterocycles. The summed E-state index contributed by atoms with van der Waals surface area (Å²) in [4.78, 5) is 0.356. The van der Waals surface area contributed by atoms with E-state index in [1.807, 2.05) is 30.3 Å². The first-order chi connectivity index (χ1) is 19.6. The zero-order chi connectivity index (χ0) is 29.1. The molecule has 2 heterocycles. The standard InChI is InChI=1S/C29H36N2O8S2/c32-14-15-40(34,35)27-7-3-6-26(17-27)38-21-25(33)19-30-24-18-29(39-20-24)10-12-31(13-11-29)41(36,37)28-9-8-22-4-1-2-5-23(22)16-28/h1-9,16-17,24-25,30,32-33H,10-15,18-21H2/t24?,25-/m0/s1. The first kappa shape index (κ1) is 29.9. The third kappa shape index (κ3) is 6.91. The van der Waals surface area contributed by atoms with E-state index in [-0.39, 0.29) is 29.8 Å². The molecule has 222 valence electrons. The maximum atomic E-state index is 13.3. The third-order valence-electron chi connectivity index (χ3n) is 7.81. The number of fused-ring (bicyclic) bond motifs is 1. The molecule has 1 spiro atoms. The van der Waals surface area contributed by atoms with Crippen LogP contribution >= 0.6 is 0 Å². The van der Waals surface area contributed by atoms with Gasteiger partial charge in [-0.15, -0.1) is 0 Å². The van der Waals surface area contributed by atoms with E-state index in [9.17, 15) is 21.9 Å². The Morgan fingerprint density at radius 3 is 2.49 bits per heavy atom. The van der Waals surface area contributed by atoms with Gasteiger partial charge < -0.3 is 25.0 Å². The van der Waals surface area contributed by atoms with Gasteiger partial charge in [-0.1, -0.05) is 36.4 Å². The van der Waals surface area contributed by atoms with Crippen LogP contribution in [0.1, 0.15) is 19.3 Å². The molecule has 12 heteroatoms. The summed E-state index contributed by atoms with van der Waals surface area (Å²) < 4.78 is 64.3. The van der Waals surface area contributed by atoms with Gasteiger partial charge in [-0.05, 0) is 60.4 Å². The number of piperidine rings is 1. The Kier molecular flexibility index (Phi) is 9.00. The SMILES string of the molecule is O=S(=O)(CCO)c1cccc(OC[C@@H](O)CNC2COC3(CCN(S(=O)(=O)c4ccc5ccccc5c4)CC3)C2)c1. The molecule has 3 aromatic carbocycles. The normalized spacial score (nSPS) is 20.4. The van der Waals surface area contributed by atoms with Crippen LogP contribution in [0.25, 0.3) is 10.8 Å². The highest BCUT2D eigenvalue weighted by atomic mass is 32.2. The molecule has 2 aliphatic heterocycles. The fourth-order valence-corrected chi connectivity index (χ4v) is 8.02. The molecule has 3 N–H and O–H groups in total. The third-order valence-corrected chi connectivity index (χ3v) is 11.4. The maximum absolute atomic E-state index is 13.3. The number of hydrogen-bond donors (Lipinski definition) is 3. The smallest absolute Gasteiger partial charge is 0.243 e. The highest BCUT2D eigenvalue weighted by Gasteiger charge is 2.44. The van der Waals surface area contributed by atoms with Gasteiger partial charge in [0.1, 0.15) is 18.5 Å². The second-order valence-corrected chi connectivity index (χ2v) is 14.7. The lowest BCUT2D eigenvalue weighted by Gasteiger charge is -2.38. The average molecular weight is 605 g/mol. The minimum absolute atomic E-state index is 0.0141. The monoisotopic (exact) mass is 604 g/mol. The van der Waals surface area contributed by atoms with Crippen molar-refractivity contribution in [3.05, 3.63) is 66.7 Å². The van der Waals surface area contributed by atoms with Crippen LogP contribution in [-0.2, 0) is 24.6 Å². The highest BCUT2D eigenvalue weighted by Crippen LogP contribution is 2.37. The zero-order valence-electron chi connectivity index (χ0n) is 22.7. The lowest BCUT2D eigenvalue weighted by molar-refractivity contribution is -0.0312. The van der Waals surface area contributed by atoms with Crippen molar-refractivity contribution in [2.24, 2.45) is 0 Å². The molecule has 2 aliphatic rings. The lowest BCUT2D eigenvalue weighted by Crippen LogP contribution is -2.47. The number of hydrogen-bond acceptors (Lipinski definition) is 9. The van der Waals surface area contributed by atoms with Gasteiger partial charge >= 0.3 is 0 Å². The van der Waals surface area contributed by atoms with Gasteiger partial charge in [-0.2, -0.15) is 4.31 Å². The average Bonchev–Trinajstić information content (AvgIpc) is 3.37. The van der Waals surface area contributed by atoms with Gasteiger partial charge in [0.05, 0.1) is 34.4 Å². The van der Waals surface area contributed by atoms with E-state index in [2.05, 4.69) is 5.32 Å². The Balaban J connectivity index is 1.09. The molecule has 5 rings (SSSR count). The first-order valence-electron chi connectivity index (χ1n) is 13.7. The number of aliphatic hydroxyl groups excluding tert-OH is 2. The summed E-state index contributed by atoms with van der Waals surface area (Å²) in [7, 11) is -7.20. The summed E-state index contributed by atoms with van der Waals surface area (Å²) >= 11 is 0. The van der Waals surface area contributed by atoms with Crippen LogP contribution in [0, 0.1) is 0 Å². The van der Waals surface area contributed by atoms with Gasteiger partial charge in [0, 0.05) is 25.7 Å². The first-order valence-corrected chi connectivity index (χ1v) is 16.8. The molecule has 2 atom stereocenters. The van der Waals surface area contributed by atoms with Crippen molar-refractivity contribution in [3.63, 3.8) is 0 Å². The molecule has 1 unspecified atom stereocenters. The van der Waals surface area contributed by atoms with E-state index < -0.39 is 38.2 Å². The molecular formula is C29H36N2O8S2.